The molecule has 0 saturated carbocycles. The Bertz CT molecular complexity index is 306. The molecule has 2 nitrogen and oxygen atoms in total. The van der Waals surface area contributed by atoms with Gasteiger partial charge in [0, 0.05) is 0 Å². The monoisotopic (exact) mass is 212 g/mol. The van der Waals surface area contributed by atoms with Crippen LogP contribution in [0.4, 0.5) is 0 Å². The summed E-state index contributed by atoms with van der Waals surface area (Å²) >= 11 is 5.88. The molecule has 0 radical (unpaired) electrons. The molecule has 0 bridgehead atoms. The summed E-state index contributed by atoms with van der Waals surface area (Å²) in [6.45, 7) is 4.04. The van der Waals surface area contributed by atoms with Gasteiger partial charge >= 0.3 is 0 Å². The van der Waals surface area contributed by atoms with E-state index >= 15 is 0 Å². The van der Waals surface area contributed by atoms with Gasteiger partial charge in [0.15, 0.2) is 5.78 Å². The lowest BCUT2D eigenvalue weighted by Crippen LogP contribution is -2.01. The number of ether oxygens (including phenoxy) is 1. The van der Waals surface area contributed by atoms with Gasteiger partial charge < -0.3 is 4.74 Å². The lowest BCUT2D eigenvalue weighted by atomic mass is 10.1. The molecule has 0 amide bonds. The van der Waals surface area contributed by atoms with Crippen LogP contribution in [0.5, 0.6) is 5.75 Å². The molecule has 76 valence electrons. The number of carbonyl (C=O) groups excluding carboxylic acids is 1. The van der Waals surface area contributed by atoms with E-state index in [1.165, 1.54) is 6.92 Å². The number of benzene rings is 1. The van der Waals surface area contributed by atoms with Crippen LogP contribution in [0.25, 0.3) is 0 Å². The number of hydrogen-bond acceptors (Lipinski definition) is 2. The first-order chi connectivity index (χ1) is 6.65. The van der Waals surface area contributed by atoms with E-state index < -0.39 is 5.38 Å². The number of hydrogen-bond donors (Lipinski definition) is 0. The third-order valence-electron chi connectivity index (χ3n) is 1.84. The molecular formula is C11H13ClO2. The van der Waals surface area contributed by atoms with Gasteiger partial charge in [-0.1, -0.05) is 12.1 Å². The van der Waals surface area contributed by atoms with E-state index in [1.807, 2.05) is 31.2 Å². The van der Waals surface area contributed by atoms with Crippen LogP contribution in [0.15, 0.2) is 24.3 Å². The molecule has 0 aliphatic carbocycles. The van der Waals surface area contributed by atoms with Gasteiger partial charge in [0.05, 0.1) is 6.61 Å². The van der Waals surface area contributed by atoms with Crippen molar-refractivity contribution in [1.29, 1.82) is 0 Å². The third kappa shape index (κ3) is 2.74. The van der Waals surface area contributed by atoms with Crippen LogP contribution >= 0.6 is 11.6 Å². The predicted octanol–water partition coefficient (Wildman–Crippen LogP) is 2.95. The fraction of sp³-hybridized carbons (Fsp3) is 0.364. The molecule has 0 aliphatic rings. The Kier molecular flexibility index (Phi) is 3.96. The number of carbonyl (C=O) groups is 1. The second-order valence-corrected chi connectivity index (χ2v) is 3.41. The Balaban J connectivity index is 2.77. The Morgan fingerprint density at radius 2 is 2.00 bits per heavy atom. The molecular weight excluding hydrogens is 200 g/mol. The van der Waals surface area contributed by atoms with Crippen LogP contribution in [0.1, 0.15) is 24.8 Å². The molecule has 3 heteroatoms. The van der Waals surface area contributed by atoms with Crippen LogP contribution in [0.2, 0.25) is 0 Å². The smallest absolute Gasteiger partial charge is 0.152 e. The van der Waals surface area contributed by atoms with Crippen molar-refractivity contribution in [2.45, 2.75) is 19.2 Å². The summed E-state index contributed by atoms with van der Waals surface area (Å²) in [5.74, 6) is 0.750. The van der Waals surface area contributed by atoms with Gasteiger partial charge in [-0.3, -0.25) is 4.79 Å². The minimum absolute atomic E-state index is 0.0455. The maximum absolute atomic E-state index is 11.0. The summed E-state index contributed by atoms with van der Waals surface area (Å²) in [4.78, 5) is 11.0. The first kappa shape index (κ1) is 11.1. The fourth-order valence-electron chi connectivity index (χ4n) is 1.13. The Morgan fingerprint density at radius 3 is 2.43 bits per heavy atom. The summed E-state index contributed by atoms with van der Waals surface area (Å²) in [5.41, 5.74) is 0.808. The topological polar surface area (TPSA) is 26.3 Å². The lowest BCUT2D eigenvalue weighted by Gasteiger charge is -2.07. The summed E-state index contributed by atoms with van der Waals surface area (Å²) in [7, 11) is 0. The molecule has 0 aromatic heterocycles. The number of alkyl halides is 1. The summed E-state index contributed by atoms with van der Waals surface area (Å²) in [6.07, 6.45) is 0. The largest absolute Gasteiger partial charge is 0.494 e. The molecule has 14 heavy (non-hydrogen) atoms. The minimum Gasteiger partial charge on any atom is -0.494 e. The average molecular weight is 213 g/mol. The zero-order chi connectivity index (χ0) is 10.6. The molecule has 1 rings (SSSR count). The quantitative estimate of drug-likeness (QED) is 0.718. The van der Waals surface area contributed by atoms with Crippen LogP contribution in [0.3, 0.4) is 0 Å². The highest BCUT2D eigenvalue weighted by atomic mass is 35.5. The van der Waals surface area contributed by atoms with E-state index in [-0.39, 0.29) is 5.78 Å². The van der Waals surface area contributed by atoms with Crippen molar-refractivity contribution in [1.82, 2.24) is 0 Å². The normalized spacial score (nSPS) is 12.2. The van der Waals surface area contributed by atoms with E-state index in [0.29, 0.717) is 6.61 Å². The van der Waals surface area contributed by atoms with E-state index in [0.717, 1.165) is 11.3 Å². The van der Waals surface area contributed by atoms with E-state index in [1.54, 1.807) is 0 Å². The predicted molar refractivity (Wildman–Crippen MR) is 56.9 cm³/mol. The van der Waals surface area contributed by atoms with Crippen molar-refractivity contribution in [3.8, 4) is 5.75 Å². The molecule has 0 saturated heterocycles. The fourth-order valence-corrected chi connectivity index (χ4v) is 1.28. The highest BCUT2D eigenvalue weighted by Crippen LogP contribution is 2.23. The number of Topliss-reactive ketones (excluding diaryl/α,β-unsaturated/α-hetero) is 1. The van der Waals surface area contributed by atoms with Gasteiger partial charge in [-0.25, -0.2) is 0 Å². The zero-order valence-corrected chi connectivity index (χ0v) is 9.04. The molecule has 0 aliphatic heterocycles. The van der Waals surface area contributed by atoms with Crippen LogP contribution in [-0.2, 0) is 4.79 Å². The van der Waals surface area contributed by atoms with E-state index in [9.17, 15) is 4.79 Å². The second-order valence-electron chi connectivity index (χ2n) is 2.98. The van der Waals surface area contributed by atoms with Crippen molar-refractivity contribution in [3.63, 3.8) is 0 Å². The Hall–Kier alpha value is -1.02. The first-order valence-corrected chi connectivity index (χ1v) is 4.96. The van der Waals surface area contributed by atoms with Crippen LogP contribution in [0, 0.1) is 0 Å². The van der Waals surface area contributed by atoms with Gasteiger partial charge in [0.2, 0.25) is 0 Å². The molecule has 1 aromatic rings. The SMILES string of the molecule is CCOc1ccc(C(Cl)C(C)=O)cc1. The van der Waals surface area contributed by atoms with Crippen molar-refractivity contribution in [3.05, 3.63) is 29.8 Å². The highest BCUT2D eigenvalue weighted by molar-refractivity contribution is 6.30. The van der Waals surface area contributed by atoms with Gasteiger partial charge in [-0.05, 0) is 31.5 Å². The van der Waals surface area contributed by atoms with Gasteiger partial charge in [-0.2, -0.15) is 0 Å². The zero-order valence-electron chi connectivity index (χ0n) is 8.29. The Morgan fingerprint density at radius 1 is 1.43 bits per heavy atom. The number of ketones is 1. The van der Waals surface area contributed by atoms with Gasteiger partial charge in [0.1, 0.15) is 11.1 Å². The van der Waals surface area contributed by atoms with E-state index in [4.69, 9.17) is 16.3 Å². The molecule has 0 spiro atoms. The van der Waals surface area contributed by atoms with Crippen molar-refractivity contribution < 1.29 is 9.53 Å². The maximum atomic E-state index is 11.0. The lowest BCUT2D eigenvalue weighted by molar-refractivity contribution is -0.116. The van der Waals surface area contributed by atoms with Gasteiger partial charge in [-0.15, -0.1) is 11.6 Å². The molecule has 1 atom stereocenters. The van der Waals surface area contributed by atoms with Crippen molar-refractivity contribution in [2.75, 3.05) is 6.61 Å². The summed E-state index contributed by atoms with van der Waals surface area (Å²) < 4.78 is 5.27. The standard InChI is InChI=1S/C11H13ClO2/c1-3-14-10-6-4-9(5-7-10)11(12)8(2)13/h4-7,11H,3H2,1-2H3. The van der Waals surface area contributed by atoms with Crippen LogP contribution < -0.4 is 4.74 Å². The maximum Gasteiger partial charge on any atom is 0.152 e. The first-order valence-electron chi connectivity index (χ1n) is 4.52. The van der Waals surface area contributed by atoms with Gasteiger partial charge in [0.25, 0.3) is 0 Å². The molecule has 1 unspecified atom stereocenters. The third-order valence-corrected chi connectivity index (χ3v) is 2.40. The summed E-state index contributed by atoms with van der Waals surface area (Å²) in [6, 6.07) is 7.25. The van der Waals surface area contributed by atoms with Crippen LogP contribution in [-0.4, -0.2) is 12.4 Å². The number of rotatable bonds is 4. The highest BCUT2D eigenvalue weighted by Gasteiger charge is 2.12. The Labute approximate surface area is 88.8 Å². The molecule has 0 heterocycles. The average Bonchev–Trinajstić information content (AvgIpc) is 2.18. The minimum atomic E-state index is -0.550. The molecule has 0 N–H and O–H groups in total. The number of halogens is 1. The molecule has 0 fully saturated rings. The van der Waals surface area contributed by atoms with Crippen molar-refractivity contribution in [2.24, 2.45) is 0 Å². The van der Waals surface area contributed by atoms with E-state index in [2.05, 4.69) is 0 Å². The molecule has 1 aromatic carbocycles. The van der Waals surface area contributed by atoms with Crippen molar-refractivity contribution >= 4 is 17.4 Å². The second kappa shape index (κ2) is 5.01. The summed E-state index contributed by atoms with van der Waals surface area (Å²) in [5, 5.41) is -0.550.